The number of aliphatic imine (C=N–C) groups is 1. The first-order valence-electron chi connectivity index (χ1n) is 3.76. The Morgan fingerprint density at radius 2 is 1.80 bits per heavy atom. The maximum Gasteiger partial charge on any atom is 0.185 e. The van der Waals surface area contributed by atoms with Crippen molar-refractivity contribution in [2.75, 3.05) is 6.54 Å². The van der Waals surface area contributed by atoms with Crippen LogP contribution in [0.1, 0.15) is 26.7 Å². The third kappa shape index (κ3) is 4.18. The predicted octanol–water partition coefficient (Wildman–Crippen LogP) is 0.696. The largest absolute Gasteiger partial charge is 0.370 e. The quantitative estimate of drug-likeness (QED) is 0.449. The summed E-state index contributed by atoms with van der Waals surface area (Å²) in [5.74, 6) is 0.842. The van der Waals surface area contributed by atoms with E-state index in [9.17, 15) is 0 Å². The Hall–Kier alpha value is -0.730. The van der Waals surface area contributed by atoms with Crippen molar-refractivity contribution in [2.24, 2.45) is 22.4 Å². The van der Waals surface area contributed by atoms with E-state index in [4.69, 9.17) is 11.5 Å². The molecule has 0 bridgehead atoms. The predicted molar refractivity (Wildman–Crippen MR) is 44.7 cm³/mol. The number of nitrogens with two attached hydrogens (primary N) is 2. The van der Waals surface area contributed by atoms with Crippen molar-refractivity contribution >= 4 is 5.96 Å². The van der Waals surface area contributed by atoms with Gasteiger partial charge in [-0.3, -0.25) is 4.99 Å². The van der Waals surface area contributed by atoms with Gasteiger partial charge in [0.15, 0.2) is 5.96 Å². The van der Waals surface area contributed by atoms with E-state index in [1.807, 2.05) is 0 Å². The highest BCUT2D eigenvalue weighted by molar-refractivity contribution is 5.75. The van der Waals surface area contributed by atoms with E-state index in [2.05, 4.69) is 18.8 Å². The fraction of sp³-hybridized carbons (Fsp3) is 0.857. The van der Waals surface area contributed by atoms with Crippen LogP contribution in [0.2, 0.25) is 0 Å². The number of hydrogen-bond donors (Lipinski definition) is 2. The summed E-state index contributed by atoms with van der Waals surface area (Å²) in [6, 6.07) is 0. The van der Waals surface area contributed by atoms with Crippen LogP contribution in [-0.4, -0.2) is 12.5 Å². The van der Waals surface area contributed by atoms with Gasteiger partial charge in [-0.2, -0.15) is 0 Å². The molecule has 10 heavy (non-hydrogen) atoms. The summed E-state index contributed by atoms with van der Waals surface area (Å²) in [6.07, 6.45) is 2.29. The van der Waals surface area contributed by atoms with E-state index in [-0.39, 0.29) is 5.96 Å². The van der Waals surface area contributed by atoms with Gasteiger partial charge in [-0.25, -0.2) is 0 Å². The molecule has 0 spiro atoms. The van der Waals surface area contributed by atoms with Gasteiger partial charge in [0, 0.05) is 6.54 Å². The molecule has 0 radical (unpaired) electrons. The van der Waals surface area contributed by atoms with Gasteiger partial charge < -0.3 is 11.5 Å². The smallest absolute Gasteiger partial charge is 0.185 e. The van der Waals surface area contributed by atoms with Crippen LogP contribution < -0.4 is 11.5 Å². The molecule has 4 N–H and O–H groups in total. The molecule has 0 aromatic carbocycles. The lowest BCUT2D eigenvalue weighted by atomic mass is 10.0. The Labute approximate surface area is 62.5 Å². The molecule has 0 aliphatic carbocycles. The third-order valence-electron chi connectivity index (χ3n) is 1.69. The topological polar surface area (TPSA) is 64.4 Å². The van der Waals surface area contributed by atoms with Gasteiger partial charge in [0.05, 0.1) is 0 Å². The van der Waals surface area contributed by atoms with Gasteiger partial charge in [-0.1, -0.05) is 26.7 Å². The molecule has 3 heteroatoms. The van der Waals surface area contributed by atoms with Crippen molar-refractivity contribution in [1.29, 1.82) is 0 Å². The summed E-state index contributed by atoms with van der Waals surface area (Å²) in [6.45, 7) is 5.07. The van der Waals surface area contributed by atoms with Gasteiger partial charge in [0.1, 0.15) is 0 Å². The van der Waals surface area contributed by atoms with E-state index in [1.54, 1.807) is 0 Å². The molecule has 0 heterocycles. The Morgan fingerprint density at radius 1 is 1.30 bits per heavy atom. The summed E-state index contributed by atoms with van der Waals surface area (Å²) in [5.41, 5.74) is 10.4. The maximum absolute atomic E-state index is 5.18. The molecule has 0 saturated heterocycles. The van der Waals surface area contributed by atoms with E-state index in [0.717, 1.165) is 19.4 Å². The second-order valence-electron chi connectivity index (χ2n) is 2.45. The molecule has 0 aromatic heterocycles. The zero-order valence-electron chi connectivity index (χ0n) is 6.80. The van der Waals surface area contributed by atoms with Crippen molar-refractivity contribution in [3.05, 3.63) is 0 Å². The van der Waals surface area contributed by atoms with Crippen LogP contribution in [0.25, 0.3) is 0 Å². The Balaban J connectivity index is 3.54. The molecule has 0 aliphatic heterocycles. The lowest BCUT2D eigenvalue weighted by Gasteiger charge is -2.07. The highest BCUT2D eigenvalue weighted by atomic mass is 15.0. The summed E-state index contributed by atoms with van der Waals surface area (Å²) < 4.78 is 0. The monoisotopic (exact) mass is 143 g/mol. The molecule has 0 unspecified atom stereocenters. The minimum Gasteiger partial charge on any atom is -0.370 e. The molecule has 60 valence electrons. The number of guanidine groups is 1. The van der Waals surface area contributed by atoms with Gasteiger partial charge in [-0.15, -0.1) is 0 Å². The van der Waals surface area contributed by atoms with Crippen LogP contribution in [0.3, 0.4) is 0 Å². The van der Waals surface area contributed by atoms with Crippen molar-refractivity contribution in [2.45, 2.75) is 26.7 Å². The van der Waals surface area contributed by atoms with Crippen LogP contribution in [0.4, 0.5) is 0 Å². The van der Waals surface area contributed by atoms with Gasteiger partial charge in [-0.05, 0) is 5.92 Å². The molecule has 0 aliphatic rings. The SMILES string of the molecule is CCC(CC)CN=C(N)N. The van der Waals surface area contributed by atoms with E-state index >= 15 is 0 Å². The summed E-state index contributed by atoms with van der Waals surface area (Å²) in [7, 11) is 0. The zero-order chi connectivity index (χ0) is 7.98. The lowest BCUT2D eigenvalue weighted by Crippen LogP contribution is -2.23. The summed E-state index contributed by atoms with van der Waals surface area (Å²) in [4.78, 5) is 3.94. The average Bonchev–Trinajstić information content (AvgIpc) is 1.90. The fourth-order valence-corrected chi connectivity index (χ4v) is 0.781. The van der Waals surface area contributed by atoms with Crippen LogP contribution in [0, 0.1) is 5.92 Å². The average molecular weight is 143 g/mol. The molecular weight excluding hydrogens is 126 g/mol. The molecular formula is C7H17N3. The fourth-order valence-electron chi connectivity index (χ4n) is 0.781. The molecule has 0 fully saturated rings. The van der Waals surface area contributed by atoms with Crippen LogP contribution in [0.5, 0.6) is 0 Å². The third-order valence-corrected chi connectivity index (χ3v) is 1.69. The number of hydrogen-bond acceptors (Lipinski definition) is 1. The van der Waals surface area contributed by atoms with E-state index in [1.165, 1.54) is 0 Å². The van der Waals surface area contributed by atoms with Crippen molar-refractivity contribution < 1.29 is 0 Å². The minimum atomic E-state index is 0.201. The van der Waals surface area contributed by atoms with Gasteiger partial charge in [0.2, 0.25) is 0 Å². The standard InChI is InChI=1S/C7H17N3/c1-3-6(4-2)5-10-7(8)9/h6H,3-5H2,1-2H3,(H4,8,9,10). The summed E-state index contributed by atoms with van der Waals surface area (Å²) >= 11 is 0. The van der Waals surface area contributed by atoms with E-state index < -0.39 is 0 Å². The summed E-state index contributed by atoms with van der Waals surface area (Å²) in [5, 5.41) is 0. The van der Waals surface area contributed by atoms with Crippen molar-refractivity contribution in [3.63, 3.8) is 0 Å². The highest BCUT2D eigenvalue weighted by Crippen LogP contribution is 2.06. The van der Waals surface area contributed by atoms with Crippen molar-refractivity contribution in [1.82, 2.24) is 0 Å². The van der Waals surface area contributed by atoms with Crippen molar-refractivity contribution in [3.8, 4) is 0 Å². The molecule has 0 aromatic rings. The minimum absolute atomic E-state index is 0.201. The number of rotatable bonds is 4. The van der Waals surface area contributed by atoms with Gasteiger partial charge >= 0.3 is 0 Å². The normalized spacial score (nSPS) is 9.90. The van der Waals surface area contributed by atoms with E-state index in [0.29, 0.717) is 5.92 Å². The molecule has 3 nitrogen and oxygen atoms in total. The first kappa shape index (κ1) is 9.27. The maximum atomic E-state index is 5.18. The highest BCUT2D eigenvalue weighted by Gasteiger charge is 2.00. The van der Waals surface area contributed by atoms with Crippen LogP contribution in [0.15, 0.2) is 4.99 Å². The first-order chi connectivity index (χ1) is 4.70. The molecule has 0 saturated carbocycles. The Bertz CT molecular complexity index is 101. The first-order valence-corrected chi connectivity index (χ1v) is 3.76. The second kappa shape index (κ2) is 5.09. The Kier molecular flexibility index (Phi) is 4.72. The number of nitrogens with zero attached hydrogens (tertiary/aromatic N) is 1. The zero-order valence-corrected chi connectivity index (χ0v) is 6.80. The van der Waals surface area contributed by atoms with Crippen LogP contribution >= 0.6 is 0 Å². The molecule has 0 atom stereocenters. The second-order valence-corrected chi connectivity index (χ2v) is 2.45. The lowest BCUT2D eigenvalue weighted by molar-refractivity contribution is 0.506. The van der Waals surface area contributed by atoms with Gasteiger partial charge in [0.25, 0.3) is 0 Å². The Morgan fingerprint density at radius 3 is 2.10 bits per heavy atom. The molecule has 0 amide bonds. The molecule has 0 rings (SSSR count). The van der Waals surface area contributed by atoms with Crippen LogP contribution in [-0.2, 0) is 0 Å².